The molecular weight excluding hydrogens is 350 g/mol. The van der Waals surface area contributed by atoms with Crippen molar-refractivity contribution in [3.63, 3.8) is 0 Å². The van der Waals surface area contributed by atoms with Crippen molar-refractivity contribution in [1.82, 2.24) is 14.9 Å². The maximum atomic E-state index is 12.6. The van der Waals surface area contributed by atoms with E-state index in [0.29, 0.717) is 13.0 Å². The standard InChI is InChI=1S/C23H27N3O2/c1-5-21(28-22-14-16(2)6-7-17(22)3)23(27)25-15-19-8-10-20(11-9-19)26-13-12-24-18(26)4/h6-14,21H,5,15H2,1-4H3,(H,25,27). The quantitative estimate of drug-likeness (QED) is 0.669. The van der Waals surface area contributed by atoms with Crippen molar-refractivity contribution in [3.05, 3.63) is 77.4 Å². The van der Waals surface area contributed by atoms with Gasteiger partial charge in [0.25, 0.3) is 5.91 Å². The second-order valence-electron chi connectivity index (χ2n) is 7.01. The molecule has 0 radical (unpaired) electrons. The van der Waals surface area contributed by atoms with Crippen molar-refractivity contribution in [3.8, 4) is 11.4 Å². The molecule has 1 atom stereocenters. The molecule has 0 aliphatic carbocycles. The number of benzene rings is 2. The van der Waals surface area contributed by atoms with Gasteiger partial charge in [-0.25, -0.2) is 4.98 Å². The molecule has 28 heavy (non-hydrogen) atoms. The molecule has 5 nitrogen and oxygen atoms in total. The van der Waals surface area contributed by atoms with Gasteiger partial charge >= 0.3 is 0 Å². The normalized spacial score (nSPS) is 11.9. The molecule has 1 heterocycles. The zero-order valence-corrected chi connectivity index (χ0v) is 16.9. The molecule has 1 amide bonds. The van der Waals surface area contributed by atoms with Crippen LogP contribution in [0.5, 0.6) is 5.75 Å². The summed E-state index contributed by atoms with van der Waals surface area (Å²) in [5.41, 5.74) is 4.23. The van der Waals surface area contributed by atoms with Gasteiger partial charge in [0.2, 0.25) is 0 Å². The molecule has 3 aromatic rings. The van der Waals surface area contributed by atoms with Crippen molar-refractivity contribution in [2.75, 3.05) is 0 Å². The Hall–Kier alpha value is -3.08. The van der Waals surface area contributed by atoms with Gasteiger partial charge in [-0.2, -0.15) is 0 Å². The van der Waals surface area contributed by atoms with E-state index >= 15 is 0 Å². The van der Waals surface area contributed by atoms with Gasteiger partial charge in [-0.3, -0.25) is 4.79 Å². The van der Waals surface area contributed by atoms with E-state index in [1.54, 1.807) is 6.20 Å². The van der Waals surface area contributed by atoms with Crippen LogP contribution < -0.4 is 10.1 Å². The molecule has 0 aliphatic rings. The number of ether oxygens (including phenoxy) is 1. The molecule has 0 saturated heterocycles. The molecule has 5 heteroatoms. The lowest BCUT2D eigenvalue weighted by molar-refractivity contribution is -0.128. The maximum Gasteiger partial charge on any atom is 0.261 e. The summed E-state index contributed by atoms with van der Waals surface area (Å²) in [7, 11) is 0. The molecule has 146 valence electrons. The number of hydrogen-bond donors (Lipinski definition) is 1. The lowest BCUT2D eigenvalue weighted by Gasteiger charge is -2.19. The summed E-state index contributed by atoms with van der Waals surface area (Å²) in [6, 6.07) is 14.1. The molecule has 3 rings (SSSR count). The van der Waals surface area contributed by atoms with Crippen LogP contribution in [0, 0.1) is 20.8 Å². The first-order valence-corrected chi connectivity index (χ1v) is 9.59. The number of imidazole rings is 1. The Morgan fingerprint density at radius 3 is 2.54 bits per heavy atom. The van der Waals surface area contributed by atoms with Crippen LogP contribution in [0.25, 0.3) is 5.69 Å². The Kier molecular flexibility index (Phi) is 6.14. The van der Waals surface area contributed by atoms with E-state index in [2.05, 4.69) is 10.3 Å². The van der Waals surface area contributed by atoms with E-state index in [9.17, 15) is 4.79 Å². The highest BCUT2D eigenvalue weighted by Crippen LogP contribution is 2.21. The van der Waals surface area contributed by atoms with Crippen LogP contribution in [-0.4, -0.2) is 21.6 Å². The Morgan fingerprint density at radius 1 is 1.14 bits per heavy atom. The van der Waals surface area contributed by atoms with Crippen molar-refractivity contribution >= 4 is 5.91 Å². The third-order valence-corrected chi connectivity index (χ3v) is 4.78. The zero-order chi connectivity index (χ0) is 20.1. The largest absolute Gasteiger partial charge is 0.480 e. The summed E-state index contributed by atoms with van der Waals surface area (Å²) < 4.78 is 8.01. The Balaban J connectivity index is 1.60. The van der Waals surface area contributed by atoms with Gasteiger partial charge in [0.1, 0.15) is 11.6 Å². The van der Waals surface area contributed by atoms with Gasteiger partial charge in [0, 0.05) is 24.6 Å². The Morgan fingerprint density at radius 2 is 1.89 bits per heavy atom. The number of rotatable bonds is 7. The van der Waals surface area contributed by atoms with Crippen molar-refractivity contribution in [2.24, 2.45) is 0 Å². The first kappa shape index (κ1) is 19.7. The van der Waals surface area contributed by atoms with Gasteiger partial charge in [0.15, 0.2) is 6.10 Å². The number of carbonyl (C=O) groups is 1. The number of hydrogen-bond acceptors (Lipinski definition) is 3. The summed E-state index contributed by atoms with van der Waals surface area (Å²) in [5, 5.41) is 2.99. The molecule has 0 spiro atoms. The van der Waals surface area contributed by atoms with E-state index < -0.39 is 6.10 Å². The predicted octanol–water partition coefficient (Wildman–Crippen LogP) is 4.27. The van der Waals surface area contributed by atoms with Crippen LogP contribution in [0.4, 0.5) is 0 Å². The summed E-state index contributed by atoms with van der Waals surface area (Å²) in [6.45, 7) is 8.40. The lowest BCUT2D eigenvalue weighted by Crippen LogP contribution is -2.37. The topological polar surface area (TPSA) is 56.1 Å². The van der Waals surface area contributed by atoms with E-state index in [-0.39, 0.29) is 5.91 Å². The van der Waals surface area contributed by atoms with E-state index in [4.69, 9.17) is 4.74 Å². The smallest absolute Gasteiger partial charge is 0.261 e. The van der Waals surface area contributed by atoms with Gasteiger partial charge in [0.05, 0.1) is 0 Å². The predicted molar refractivity (Wildman–Crippen MR) is 111 cm³/mol. The van der Waals surface area contributed by atoms with Gasteiger partial charge in [-0.05, 0) is 62.1 Å². The Bertz CT molecular complexity index is 945. The van der Waals surface area contributed by atoms with Gasteiger partial charge in [-0.15, -0.1) is 0 Å². The molecule has 0 fully saturated rings. The summed E-state index contributed by atoms with van der Waals surface area (Å²) in [4.78, 5) is 16.8. The fraction of sp³-hybridized carbons (Fsp3) is 0.304. The SMILES string of the molecule is CCC(Oc1cc(C)ccc1C)C(=O)NCc1ccc(-n2ccnc2C)cc1. The number of aryl methyl sites for hydroxylation is 3. The van der Waals surface area contributed by atoms with Gasteiger partial charge in [-0.1, -0.05) is 31.2 Å². The van der Waals surface area contributed by atoms with Crippen LogP contribution in [-0.2, 0) is 11.3 Å². The molecular formula is C23H27N3O2. The highest BCUT2D eigenvalue weighted by atomic mass is 16.5. The van der Waals surface area contributed by atoms with E-state index in [1.165, 1.54) is 0 Å². The maximum absolute atomic E-state index is 12.6. The first-order valence-electron chi connectivity index (χ1n) is 9.59. The van der Waals surface area contributed by atoms with Crippen molar-refractivity contribution in [1.29, 1.82) is 0 Å². The molecule has 1 N–H and O–H groups in total. The number of aromatic nitrogens is 2. The summed E-state index contributed by atoms with van der Waals surface area (Å²) in [5.74, 6) is 1.61. The highest BCUT2D eigenvalue weighted by Gasteiger charge is 2.19. The van der Waals surface area contributed by atoms with E-state index in [0.717, 1.165) is 34.0 Å². The molecule has 0 saturated carbocycles. The molecule has 1 aromatic heterocycles. The third-order valence-electron chi connectivity index (χ3n) is 4.78. The molecule has 1 unspecified atom stereocenters. The van der Waals surface area contributed by atoms with Crippen LogP contribution in [0.2, 0.25) is 0 Å². The number of nitrogens with zero attached hydrogens (tertiary/aromatic N) is 2. The minimum absolute atomic E-state index is 0.0991. The summed E-state index contributed by atoms with van der Waals surface area (Å²) in [6.07, 6.45) is 3.82. The fourth-order valence-corrected chi connectivity index (χ4v) is 3.04. The first-order chi connectivity index (χ1) is 13.5. The minimum atomic E-state index is -0.506. The minimum Gasteiger partial charge on any atom is -0.480 e. The van der Waals surface area contributed by atoms with Crippen LogP contribution in [0.15, 0.2) is 54.9 Å². The van der Waals surface area contributed by atoms with Gasteiger partial charge < -0.3 is 14.6 Å². The zero-order valence-electron chi connectivity index (χ0n) is 16.9. The van der Waals surface area contributed by atoms with Crippen molar-refractivity contribution in [2.45, 2.75) is 46.8 Å². The van der Waals surface area contributed by atoms with Crippen LogP contribution in [0.1, 0.15) is 35.9 Å². The van der Waals surface area contributed by atoms with Crippen LogP contribution in [0.3, 0.4) is 0 Å². The second kappa shape index (κ2) is 8.74. The number of carbonyl (C=O) groups excluding carboxylic acids is 1. The highest BCUT2D eigenvalue weighted by molar-refractivity contribution is 5.81. The molecule has 0 aliphatic heterocycles. The average Bonchev–Trinajstić information content (AvgIpc) is 3.13. The van der Waals surface area contributed by atoms with E-state index in [1.807, 2.05) is 80.9 Å². The average molecular weight is 377 g/mol. The summed E-state index contributed by atoms with van der Waals surface area (Å²) >= 11 is 0. The third kappa shape index (κ3) is 4.60. The Labute approximate surface area is 166 Å². The second-order valence-corrected chi connectivity index (χ2v) is 7.01. The monoisotopic (exact) mass is 377 g/mol. The number of nitrogens with one attached hydrogen (secondary N) is 1. The fourth-order valence-electron chi connectivity index (χ4n) is 3.04. The molecule has 2 aromatic carbocycles. The lowest BCUT2D eigenvalue weighted by atomic mass is 10.1. The number of amides is 1. The van der Waals surface area contributed by atoms with Crippen molar-refractivity contribution < 1.29 is 9.53 Å². The van der Waals surface area contributed by atoms with Crippen LogP contribution >= 0.6 is 0 Å². The molecule has 0 bridgehead atoms.